The summed E-state index contributed by atoms with van der Waals surface area (Å²) in [6, 6.07) is 7.75. The highest BCUT2D eigenvalue weighted by Gasteiger charge is 2.23. The molecular formula is C14H18N2O3. The van der Waals surface area contributed by atoms with E-state index in [1.807, 2.05) is 18.2 Å². The van der Waals surface area contributed by atoms with Crippen molar-refractivity contribution < 1.29 is 14.3 Å². The Morgan fingerprint density at radius 3 is 2.84 bits per heavy atom. The van der Waals surface area contributed by atoms with Crippen molar-refractivity contribution in [1.29, 1.82) is 0 Å². The molecule has 1 amide bonds. The van der Waals surface area contributed by atoms with Crippen LogP contribution in [0.1, 0.15) is 18.1 Å². The van der Waals surface area contributed by atoms with E-state index in [0.717, 1.165) is 0 Å². The van der Waals surface area contributed by atoms with Gasteiger partial charge in [-0.3, -0.25) is 9.59 Å². The van der Waals surface area contributed by atoms with Gasteiger partial charge in [0.15, 0.2) is 0 Å². The van der Waals surface area contributed by atoms with E-state index in [0.29, 0.717) is 19.6 Å². The van der Waals surface area contributed by atoms with E-state index in [4.69, 9.17) is 4.74 Å². The molecule has 19 heavy (non-hydrogen) atoms. The molecule has 5 nitrogen and oxygen atoms in total. The van der Waals surface area contributed by atoms with Crippen molar-refractivity contribution in [3.05, 3.63) is 35.4 Å². The van der Waals surface area contributed by atoms with E-state index in [9.17, 15) is 9.59 Å². The number of carbonyl (C=O) groups excluding carboxylic acids is 2. The molecule has 0 unspecified atom stereocenters. The first kappa shape index (κ1) is 13.5. The van der Waals surface area contributed by atoms with Crippen molar-refractivity contribution in [3.63, 3.8) is 0 Å². The fourth-order valence-corrected chi connectivity index (χ4v) is 2.13. The molecule has 0 spiro atoms. The van der Waals surface area contributed by atoms with Crippen LogP contribution in [0.4, 0.5) is 0 Å². The van der Waals surface area contributed by atoms with E-state index in [1.54, 1.807) is 6.92 Å². The second-order valence-electron chi connectivity index (χ2n) is 4.43. The summed E-state index contributed by atoms with van der Waals surface area (Å²) in [5.74, 6) is -0.574. The molecule has 1 aromatic carbocycles. The Morgan fingerprint density at radius 1 is 1.37 bits per heavy atom. The maximum absolute atomic E-state index is 11.9. The maximum atomic E-state index is 11.9. The molecule has 1 atom stereocenters. The number of nitrogens with one attached hydrogen (secondary N) is 2. The lowest BCUT2D eigenvalue weighted by Crippen LogP contribution is -2.48. The summed E-state index contributed by atoms with van der Waals surface area (Å²) < 4.78 is 4.76. The summed E-state index contributed by atoms with van der Waals surface area (Å²) in [5, 5.41) is 5.76. The van der Waals surface area contributed by atoms with Crippen LogP contribution in [0.3, 0.4) is 0 Å². The molecule has 0 saturated heterocycles. The standard InChI is InChI=1S/C14H18N2O3/c1-2-19-13(17)9-16-14(18)12-7-10-5-3-4-6-11(10)8-15-12/h3-6,12,15H,2,7-9H2,1H3,(H,16,18)/t12-/m1/s1. The molecule has 1 aliphatic heterocycles. The predicted molar refractivity (Wildman–Crippen MR) is 70.4 cm³/mol. The van der Waals surface area contributed by atoms with Gasteiger partial charge in [0.1, 0.15) is 6.54 Å². The van der Waals surface area contributed by atoms with Crippen molar-refractivity contribution in [2.75, 3.05) is 13.2 Å². The van der Waals surface area contributed by atoms with Crippen LogP contribution in [0.15, 0.2) is 24.3 Å². The number of hydrogen-bond acceptors (Lipinski definition) is 4. The molecule has 0 bridgehead atoms. The minimum Gasteiger partial charge on any atom is -0.465 e. The maximum Gasteiger partial charge on any atom is 0.325 e. The fraction of sp³-hybridized carbons (Fsp3) is 0.429. The molecular weight excluding hydrogens is 244 g/mol. The quantitative estimate of drug-likeness (QED) is 0.770. The predicted octanol–water partition coefficient (Wildman–Crippen LogP) is 0.380. The lowest BCUT2D eigenvalue weighted by Gasteiger charge is -2.25. The van der Waals surface area contributed by atoms with Crippen molar-refractivity contribution in [1.82, 2.24) is 10.6 Å². The summed E-state index contributed by atoms with van der Waals surface area (Å²) in [7, 11) is 0. The van der Waals surface area contributed by atoms with Crippen LogP contribution in [0.2, 0.25) is 0 Å². The monoisotopic (exact) mass is 262 g/mol. The summed E-state index contributed by atoms with van der Waals surface area (Å²) >= 11 is 0. The summed E-state index contributed by atoms with van der Waals surface area (Å²) in [6.45, 7) is 2.66. The van der Waals surface area contributed by atoms with Gasteiger partial charge in [-0.2, -0.15) is 0 Å². The average molecular weight is 262 g/mol. The average Bonchev–Trinajstić information content (AvgIpc) is 2.44. The number of hydrogen-bond donors (Lipinski definition) is 2. The lowest BCUT2D eigenvalue weighted by molar-refractivity contribution is -0.143. The fourth-order valence-electron chi connectivity index (χ4n) is 2.13. The molecule has 0 aromatic heterocycles. The number of amides is 1. The Bertz CT molecular complexity index is 474. The van der Waals surface area contributed by atoms with Crippen LogP contribution in [0, 0.1) is 0 Å². The Balaban J connectivity index is 1.87. The van der Waals surface area contributed by atoms with Gasteiger partial charge in [0.05, 0.1) is 12.6 Å². The van der Waals surface area contributed by atoms with Gasteiger partial charge >= 0.3 is 5.97 Å². The minimum absolute atomic E-state index is 0.0769. The molecule has 0 fully saturated rings. The van der Waals surface area contributed by atoms with Crippen LogP contribution < -0.4 is 10.6 Å². The van der Waals surface area contributed by atoms with Gasteiger partial charge < -0.3 is 15.4 Å². The molecule has 1 aromatic rings. The number of rotatable bonds is 4. The van der Waals surface area contributed by atoms with E-state index < -0.39 is 5.97 Å². The number of ether oxygens (including phenoxy) is 1. The Labute approximate surface area is 112 Å². The molecule has 2 rings (SSSR count). The number of fused-ring (bicyclic) bond motifs is 1. The van der Waals surface area contributed by atoms with Crippen LogP contribution in [0.5, 0.6) is 0 Å². The normalized spacial score (nSPS) is 17.4. The van der Waals surface area contributed by atoms with Crippen LogP contribution in [0.25, 0.3) is 0 Å². The topological polar surface area (TPSA) is 67.4 Å². The van der Waals surface area contributed by atoms with Gasteiger partial charge in [-0.05, 0) is 24.5 Å². The highest BCUT2D eigenvalue weighted by atomic mass is 16.5. The van der Waals surface area contributed by atoms with Crippen molar-refractivity contribution in [2.45, 2.75) is 25.9 Å². The number of carbonyl (C=O) groups is 2. The minimum atomic E-state index is -0.410. The summed E-state index contributed by atoms with van der Waals surface area (Å²) in [5.41, 5.74) is 2.40. The van der Waals surface area contributed by atoms with E-state index in [-0.39, 0.29) is 18.5 Å². The van der Waals surface area contributed by atoms with Crippen molar-refractivity contribution >= 4 is 11.9 Å². The zero-order chi connectivity index (χ0) is 13.7. The third kappa shape index (κ3) is 3.54. The summed E-state index contributed by atoms with van der Waals surface area (Å²) in [4.78, 5) is 23.1. The van der Waals surface area contributed by atoms with Gasteiger partial charge in [-0.25, -0.2) is 0 Å². The Kier molecular flexibility index (Phi) is 4.52. The molecule has 5 heteroatoms. The molecule has 102 valence electrons. The smallest absolute Gasteiger partial charge is 0.325 e. The third-order valence-corrected chi connectivity index (χ3v) is 3.11. The molecule has 0 saturated carbocycles. The molecule has 2 N–H and O–H groups in total. The SMILES string of the molecule is CCOC(=O)CNC(=O)[C@H]1Cc2ccccc2CN1. The van der Waals surface area contributed by atoms with Gasteiger partial charge in [0.25, 0.3) is 0 Å². The molecule has 1 heterocycles. The summed E-state index contributed by atoms with van der Waals surface area (Å²) in [6.07, 6.45) is 0.644. The number of esters is 1. The molecule has 0 radical (unpaired) electrons. The van der Waals surface area contributed by atoms with Gasteiger partial charge in [0, 0.05) is 6.54 Å². The van der Waals surface area contributed by atoms with Gasteiger partial charge in [-0.15, -0.1) is 0 Å². The molecule has 0 aliphatic carbocycles. The Hall–Kier alpha value is -1.88. The van der Waals surface area contributed by atoms with Crippen molar-refractivity contribution in [3.8, 4) is 0 Å². The van der Waals surface area contributed by atoms with Crippen molar-refractivity contribution in [2.24, 2.45) is 0 Å². The third-order valence-electron chi connectivity index (χ3n) is 3.11. The molecule has 1 aliphatic rings. The van der Waals surface area contributed by atoms with Crippen LogP contribution in [-0.4, -0.2) is 31.1 Å². The second kappa shape index (κ2) is 6.33. The van der Waals surface area contributed by atoms with Crippen LogP contribution in [-0.2, 0) is 27.3 Å². The zero-order valence-electron chi connectivity index (χ0n) is 10.9. The number of benzene rings is 1. The van der Waals surface area contributed by atoms with E-state index in [1.165, 1.54) is 11.1 Å². The Morgan fingerprint density at radius 2 is 2.11 bits per heavy atom. The highest BCUT2D eigenvalue weighted by Crippen LogP contribution is 2.16. The largest absolute Gasteiger partial charge is 0.465 e. The first-order valence-corrected chi connectivity index (χ1v) is 6.44. The van der Waals surface area contributed by atoms with E-state index >= 15 is 0 Å². The highest BCUT2D eigenvalue weighted by molar-refractivity contribution is 5.86. The van der Waals surface area contributed by atoms with Gasteiger partial charge in [-0.1, -0.05) is 24.3 Å². The second-order valence-corrected chi connectivity index (χ2v) is 4.43. The van der Waals surface area contributed by atoms with E-state index in [2.05, 4.69) is 16.7 Å². The lowest BCUT2D eigenvalue weighted by atomic mass is 9.95. The first-order valence-electron chi connectivity index (χ1n) is 6.44. The van der Waals surface area contributed by atoms with Gasteiger partial charge in [0.2, 0.25) is 5.91 Å². The zero-order valence-corrected chi connectivity index (χ0v) is 10.9. The van der Waals surface area contributed by atoms with Crippen LogP contribution >= 0.6 is 0 Å². The first-order chi connectivity index (χ1) is 9.20.